The Morgan fingerprint density at radius 3 is 2.60 bits per heavy atom. The predicted octanol–water partition coefficient (Wildman–Crippen LogP) is 2.94. The number of sulfonamides is 1. The average molecular weight is 386 g/mol. The number of nitrogens with zero attached hydrogens (tertiary/aromatic N) is 1. The van der Waals surface area contributed by atoms with Crippen LogP contribution in [0.15, 0.2) is 22.4 Å². The van der Waals surface area contributed by atoms with E-state index in [0.717, 1.165) is 17.4 Å². The zero-order valence-corrected chi connectivity index (χ0v) is 15.9. The first kappa shape index (κ1) is 19.5. The Hall–Kier alpha value is -1.84. The van der Waals surface area contributed by atoms with Crippen LogP contribution in [0.25, 0.3) is 0 Å². The summed E-state index contributed by atoms with van der Waals surface area (Å²) in [4.78, 5) is 16.3. The van der Waals surface area contributed by atoms with Crippen molar-refractivity contribution in [2.75, 3.05) is 0 Å². The molecule has 6 nitrogen and oxygen atoms in total. The molecule has 1 aromatic heterocycles. The Morgan fingerprint density at radius 1 is 1.36 bits per heavy atom. The minimum atomic E-state index is -4.03. The smallest absolute Gasteiger partial charge is 0.275 e. The third-order valence-corrected chi connectivity index (χ3v) is 6.23. The molecule has 0 unspecified atom stereocenters. The lowest BCUT2D eigenvalue weighted by Gasteiger charge is -2.10. The van der Waals surface area contributed by atoms with E-state index in [-0.39, 0.29) is 28.0 Å². The molecule has 136 valence electrons. The van der Waals surface area contributed by atoms with Crippen LogP contribution < -0.4 is 4.72 Å². The maximum Gasteiger partial charge on any atom is 0.275 e. The lowest BCUT2D eigenvalue weighted by atomic mass is 10.1. The zero-order valence-electron chi connectivity index (χ0n) is 14.3. The molecule has 0 aliphatic heterocycles. The first-order chi connectivity index (χ1) is 11.6. The molecule has 0 aliphatic rings. The highest BCUT2D eigenvalue weighted by Crippen LogP contribution is 2.23. The van der Waals surface area contributed by atoms with Crippen LogP contribution in [0.5, 0.6) is 0 Å². The molecule has 2 aromatic rings. The van der Waals surface area contributed by atoms with Crippen LogP contribution in [0.1, 0.15) is 40.5 Å². The number of carbonyl (C=O) groups is 1. The van der Waals surface area contributed by atoms with Gasteiger partial charge in [0, 0.05) is 11.1 Å². The van der Waals surface area contributed by atoms with Crippen molar-refractivity contribution in [3.63, 3.8) is 0 Å². The van der Waals surface area contributed by atoms with Crippen molar-refractivity contribution < 1.29 is 22.3 Å². The summed E-state index contributed by atoms with van der Waals surface area (Å²) >= 11 is 0.982. The fourth-order valence-corrected chi connectivity index (χ4v) is 4.53. The molecule has 9 heteroatoms. The number of hydrogen-bond donors (Lipinski definition) is 1. The molecular formula is C16H19FN2O4S2. The second-order valence-corrected chi connectivity index (χ2v) is 8.79. The van der Waals surface area contributed by atoms with E-state index in [0.29, 0.717) is 10.7 Å². The van der Waals surface area contributed by atoms with E-state index in [1.807, 2.05) is 4.72 Å². The highest BCUT2D eigenvalue weighted by atomic mass is 32.2. The molecule has 0 aliphatic carbocycles. The monoisotopic (exact) mass is 386 g/mol. The van der Waals surface area contributed by atoms with Crippen LogP contribution in [0.4, 0.5) is 4.39 Å². The molecule has 25 heavy (non-hydrogen) atoms. The first-order valence-electron chi connectivity index (χ1n) is 7.51. The largest absolute Gasteiger partial charge is 0.374 e. The van der Waals surface area contributed by atoms with Gasteiger partial charge in [-0.05, 0) is 45.9 Å². The Morgan fingerprint density at radius 2 is 2.04 bits per heavy atom. The number of ether oxygens (including phenoxy) is 1. The van der Waals surface area contributed by atoms with Gasteiger partial charge in [0.25, 0.3) is 15.9 Å². The van der Waals surface area contributed by atoms with Crippen LogP contribution in [0.2, 0.25) is 0 Å². The third-order valence-electron chi connectivity index (χ3n) is 3.21. The summed E-state index contributed by atoms with van der Waals surface area (Å²) < 4.78 is 45.8. The Kier molecular flexibility index (Phi) is 5.91. The predicted molar refractivity (Wildman–Crippen MR) is 92.6 cm³/mol. The standard InChI is InChI=1S/C16H19FN2O4S2/c1-9(2)23-8-13-7-12(5-6-14(13)17)15(20)19-25(21,22)16-10(3)18-11(4)24-16/h5-7,9H,8H2,1-4H3,(H,19,20). The maximum atomic E-state index is 13.8. The van der Waals surface area contributed by atoms with E-state index in [2.05, 4.69) is 4.98 Å². The number of aromatic nitrogens is 1. The molecule has 0 fully saturated rings. The molecule has 0 saturated carbocycles. The van der Waals surface area contributed by atoms with E-state index < -0.39 is 21.7 Å². The normalized spacial score (nSPS) is 11.8. The van der Waals surface area contributed by atoms with Crippen molar-refractivity contribution in [3.8, 4) is 0 Å². The van der Waals surface area contributed by atoms with Gasteiger partial charge in [0.2, 0.25) is 0 Å². The number of rotatable bonds is 6. The van der Waals surface area contributed by atoms with Crippen molar-refractivity contribution >= 4 is 27.3 Å². The van der Waals surface area contributed by atoms with E-state index in [9.17, 15) is 17.6 Å². The number of carbonyl (C=O) groups excluding carboxylic acids is 1. The number of benzene rings is 1. The highest BCUT2D eigenvalue weighted by molar-refractivity contribution is 7.92. The molecule has 1 N–H and O–H groups in total. The molecular weight excluding hydrogens is 367 g/mol. The molecule has 0 radical (unpaired) electrons. The summed E-state index contributed by atoms with van der Waals surface area (Å²) in [6.07, 6.45) is -0.102. The van der Waals surface area contributed by atoms with Gasteiger partial charge in [0.15, 0.2) is 4.21 Å². The van der Waals surface area contributed by atoms with Crippen LogP contribution in [-0.4, -0.2) is 25.4 Å². The molecule has 0 atom stereocenters. The minimum absolute atomic E-state index is 0.00941. The Balaban J connectivity index is 2.23. The molecule has 1 heterocycles. The average Bonchev–Trinajstić information content (AvgIpc) is 2.85. The third kappa shape index (κ3) is 4.83. The van der Waals surface area contributed by atoms with Gasteiger partial charge in [-0.25, -0.2) is 22.5 Å². The van der Waals surface area contributed by atoms with E-state index in [1.54, 1.807) is 27.7 Å². The molecule has 0 spiro atoms. The molecule has 1 aromatic carbocycles. The van der Waals surface area contributed by atoms with Gasteiger partial charge in [-0.3, -0.25) is 4.79 Å². The lowest BCUT2D eigenvalue weighted by Crippen LogP contribution is -2.30. The summed E-state index contributed by atoms with van der Waals surface area (Å²) in [5, 5.41) is 0.584. The Bertz CT molecular complexity index is 892. The van der Waals surface area contributed by atoms with Gasteiger partial charge in [0.05, 0.1) is 23.4 Å². The van der Waals surface area contributed by atoms with E-state index in [1.165, 1.54) is 12.1 Å². The van der Waals surface area contributed by atoms with E-state index >= 15 is 0 Å². The second kappa shape index (κ2) is 7.59. The summed E-state index contributed by atoms with van der Waals surface area (Å²) in [7, 11) is -4.03. The fraction of sp³-hybridized carbons (Fsp3) is 0.375. The van der Waals surface area contributed by atoms with Gasteiger partial charge < -0.3 is 4.74 Å². The first-order valence-corrected chi connectivity index (χ1v) is 9.81. The van der Waals surface area contributed by atoms with Gasteiger partial charge in [-0.15, -0.1) is 11.3 Å². The number of amides is 1. The summed E-state index contributed by atoms with van der Waals surface area (Å²) in [6, 6.07) is 3.62. The summed E-state index contributed by atoms with van der Waals surface area (Å²) in [5.41, 5.74) is 0.544. The summed E-state index contributed by atoms with van der Waals surface area (Å²) in [5.74, 6) is -1.36. The van der Waals surface area contributed by atoms with Crippen molar-refractivity contribution in [1.29, 1.82) is 0 Å². The fourth-order valence-electron chi connectivity index (χ4n) is 2.07. The number of aryl methyl sites for hydroxylation is 2. The van der Waals surface area contributed by atoms with Crippen molar-refractivity contribution in [3.05, 3.63) is 45.8 Å². The van der Waals surface area contributed by atoms with E-state index in [4.69, 9.17) is 4.74 Å². The van der Waals surface area contributed by atoms with Gasteiger partial charge in [0.1, 0.15) is 5.82 Å². The second-order valence-electron chi connectivity index (χ2n) is 5.71. The minimum Gasteiger partial charge on any atom is -0.374 e. The number of halogens is 1. The van der Waals surface area contributed by atoms with Gasteiger partial charge in [-0.1, -0.05) is 0 Å². The maximum absolute atomic E-state index is 13.8. The number of hydrogen-bond acceptors (Lipinski definition) is 6. The highest BCUT2D eigenvalue weighted by Gasteiger charge is 2.24. The lowest BCUT2D eigenvalue weighted by molar-refractivity contribution is 0.0639. The Labute approximate surface area is 150 Å². The van der Waals surface area contributed by atoms with Gasteiger partial charge >= 0.3 is 0 Å². The van der Waals surface area contributed by atoms with Crippen LogP contribution in [0, 0.1) is 19.7 Å². The van der Waals surface area contributed by atoms with Crippen LogP contribution in [0.3, 0.4) is 0 Å². The number of nitrogens with one attached hydrogen (secondary N) is 1. The molecule has 2 rings (SSSR count). The van der Waals surface area contributed by atoms with Crippen molar-refractivity contribution in [2.45, 2.75) is 44.6 Å². The molecule has 1 amide bonds. The number of thiazole rings is 1. The van der Waals surface area contributed by atoms with Crippen LogP contribution >= 0.6 is 11.3 Å². The SMILES string of the molecule is Cc1nc(C)c(S(=O)(=O)NC(=O)c2ccc(F)c(COC(C)C)c2)s1. The summed E-state index contributed by atoms with van der Waals surface area (Å²) in [6.45, 7) is 6.84. The molecule has 0 saturated heterocycles. The van der Waals surface area contributed by atoms with Crippen molar-refractivity contribution in [2.24, 2.45) is 0 Å². The molecule has 0 bridgehead atoms. The zero-order chi connectivity index (χ0) is 18.8. The quantitative estimate of drug-likeness (QED) is 0.825. The van der Waals surface area contributed by atoms with Crippen LogP contribution in [-0.2, 0) is 21.4 Å². The van der Waals surface area contributed by atoms with Gasteiger partial charge in [-0.2, -0.15) is 0 Å². The topological polar surface area (TPSA) is 85.4 Å². The van der Waals surface area contributed by atoms with Crippen molar-refractivity contribution in [1.82, 2.24) is 9.71 Å².